The molecule has 0 bridgehead atoms. The zero-order valence-corrected chi connectivity index (χ0v) is 17.4. The number of benzene rings is 1. The Morgan fingerprint density at radius 2 is 1.90 bits per heavy atom. The molecule has 0 fully saturated rings. The molecule has 11 heteroatoms. The second kappa shape index (κ2) is 9.33. The zero-order valence-electron chi connectivity index (χ0n) is 15.8. The standard InChI is InChI=1S/C19H17ClFN5O3S/c1-12-9-23-13(10-22-12)3-7-19(27)18-6-2-14(25-26-18)11-24-30(28,29)15-4-5-17(21)16(20)8-15/h2,4-6,8-10,24H,3,7,11H2,1H3. The number of halogens is 2. The smallest absolute Gasteiger partial charge is 0.240 e. The highest BCUT2D eigenvalue weighted by atomic mass is 35.5. The number of rotatable bonds is 8. The summed E-state index contributed by atoms with van der Waals surface area (Å²) in [5.41, 5.74) is 1.98. The van der Waals surface area contributed by atoms with Gasteiger partial charge in [0.05, 0.1) is 33.5 Å². The van der Waals surface area contributed by atoms with Crippen LogP contribution in [-0.2, 0) is 23.0 Å². The van der Waals surface area contributed by atoms with Gasteiger partial charge in [-0.25, -0.2) is 17.5 Å². The minimum Gasteiger partial charge on any atom is -0.292 e. The first kappa shape index (κ1) is 21.9. The van der Waals surface area contributed by atoms with Crippen LogP contribution in [0.15, 0.2) is 47.6 Å². The molecule has 3 rings (SSSR count). The monoisotopic (exact) mass is 449 g/mol. The van der Waals surface area contributed by atoms with Gasteiger partial charge in [0.2, 0.25) is 10.0 Å². The normalized spacial score (nSPS) is 11.4. The summed E-state index contributed by atoms with van der Waals surface area (Å²) in [6.07, 6.45) is 3.88. The van der Waals surface area contributed by atoms with Crippen molar-refractivity contribution >= 4 is 27.4 Å². The van der Waals surface area contributed by atoms with E-state index >= 15 is 0 Å². The number of carbonyl (C=O) groups excluding carboxylic acids is 1. The van der Waals surface area contributed by atoms with Crippen molar-refractivity contribution in [3.8, 4) is 0 Å². The van der Waals surface area contributed by atoms with Crippen LogP contribution in [0.5, 0.6) is 0 Å². The van der Waals surface area contributed by atoms with Crippen molar-refractivity contribution in [3.63, 3.8) is 0 Å². The Balaban J connectivity index is 1.57. The number of sulfonamides is 1. The van der Waals surface area contributed by atoms with Gasteiger partial charge in [-0.15, -0.1) is 5.10 Å². The lowest BCUT2D eigenvalue weighted by Crippen LogP contribution is -2.24. The quantitative estimate of drug-likeness (QED) is 0.525. The number of aromatic nitrogens is 4. The molecule has 0 aliphatic carbocycles. The Kier molecular flexibility index (Phi) is 6.80. The summed E-state index contributed by atoms with van der Waals surface area (Å²) in [5.74, 6) is -0.922. The molecule has 0 aliphatic rings. The lowest BCUT2D eigenvalue weighted by atomic mass is 10.1. The fourth-order valence-corrected chi connectivity index (χ4v) is 3.69. The number of carbonyl (C=O) groups is 1. The number of hydrogen-bond donors (Lipinski definition) is 1. The molecule has 0 amide bonds. The minimum absolute atomic E-state index is 0.155. The van der Waals surface area contributed by atoms with Crippen LogP contribution in [0.2, 0.25) is 5.02 Å². The lowest BCUT2D eigenvalue weighted by Gasteiger charge is -2.07. The van der Waals surface area contributed by atoms with Gasteiger partial charge in [0.25, 0.3) is 0 Å². The van der Waals surface area contributed by atoms with Gasteiger partial charge < -0.3 is 0 Å². The van der Waals surface area contributed by atoms with Gasteiger partial charge in [0.15, 0.2) is 5.78 Å². The number of ketones is 1. The van der Waals surface area contributed by atoms with Crippen LogP contribution in [0.25, 0.3) is 0 Å². The number of Topliss-reactive ketones (excluding diaryl/α,β-unsaturated/α-hetero) is 1. The summed E-state index contributed by atoms with van der Waals surface area (Å²) >= 11 is 5.63. The van der Waals surface area contributed by atoms with Crippen molar-refractivity contribution in [3.05, 3.63) is 76.3 Å². The molecule has 0 saturated carbocycles. The number of nitrogens with one attached hydrogen (secondary N) is 1. The summed E-state index contributed by atoms with van der Waals surface area (Å²) in [5, 5.41) is 7.45. The van der Waals surface area contributed by atoms with Crippen molar-refractivity contribution < 1.29 is 17.6 Å². The zero-order chi connectivity index (χ0) is 21.7. The van der Waals surface area contributed by atoms with E-state index in [1.807, 2.05) is 6.92 Å². The first-order valence-electron chi connectivity index (χ1n) is 8.82. The molecule has 0 spiro atoms. The number of nitrogens with zero attached hydrogens (tertiary/aromatic N) is 4. The van der Waals surface area contributed by atoms with Gasteiger partial charge in [-0.2, -0.15) is 5.10 Å². The fraction of sp³-hybridized carbons (Fsp3) is 0.211. The van der Waals surface area contributed by atoms with Crippen LogP contribution < -0.4 is 4.72 Å². The molecule has 3 aromatic rings. The molecule has 0 saturated heterocycles. The molecule has 0 aliphatic heterocycles. The Morgan fingerprint density at radius 3 is 2.53 bits per heavy atom. The van der Waals surface area contributed by atoms with Gasteiger partial charge in [0, 0.05) is 18.8 Å². The minimum atomic E-state index is -3.92. The number of aryl methyl sites for hydroxylation is 2. The molecule has 1 aromatic carbocycles. The van der Waals surface area contributed by atoms with Crippen LogP contribution in [0.4, 0.5) is 4.39 Å². The molecular formula is C19H17ClFN5O3S. The van der Waals surface area contributed by atoms with Crippen LogP contribution in [0.3, 0.4) is 0 Å². The van der Waals surface area contributed by atoms with E-state index in [-0.39, 0.29) is 34.4 Å². The average molecular weight is 450 g/mol. The maximum Gasteiger partial charge on any atom is 0.240 e. The van der Waals surface area contributed by atoms with E-state index in [1.54, 1.807) is 12.4 Å². The predicted octanol–water partition coefficient (Wildman–Crippen LogP) is 2.66. The van der Waals surface area contributed by atoms with Crippen LogP contribution in [-0.4, -0.2) is 34.4 Å². The lowest BCUT2D eigenvalue weighted by molar-refractivity contribution is 0.0976. The van der Waals surface area contributed by atoms with Crippen molar-refractivity contribution in [2.24, 2.45) is 0 Å². The summed E-state index contributed by atoms with van der Waals surface area (Å²) in [4.78, 5) is 20.4. The highest BCUT2D eigenvalue weighted by Crippen LogP contribution is 2.19. The average Bonchev–Trinajstić information content (AvgIpc) is 2.74. The van der Waals surface area contributed by atoms with Gasteiger partial charge in [-0.1, -0.05) is 11.6 Å². The van der Waals surface area contributed by atoms with Gasteiger partial charge in [-0.05, 0) is 43.7 Å². The highest BCUT2D eigenvalue weighted by molar-refractivity contribution is 7.89. The Morgan fingerprint density at radius 1 is 1.10 bits per heavy atom. The SMILES string of the molecule is Cc1cnc(CCC(=O)c2ccc(CNS(=O)(=O)c3ccc(F)c(Cl)c3)nn2)cn1. The molecule has 156 valence electrons. The van der Waals surface area contributed by atoms with Crippen molar-refractivity contribution in [2.75, 3.05) is 0 Å². The summed E-state index contributed by atoms with van der Waals surface area (Å²) < 4.78 is 40.1. The van der Waals surface area contributed by atoms with Gasteiger partial charge >= 0.3 is 0 Å². The Bertz CT molecular complexity index is 1160. The van der Waals surface area contributed by atoms with Crippen LogP contribution >= 0.6 is 11.6 Å². The highest BCUT2D eigenvalue weighted by Gasteiger charge is 2.16. The van der Waals surface area contributed by atoms with E-state index in [2.05, 4.69) is 24.9 Å². The van der Waals surface area contributed by atoms with Gasteiger partial charge in [0.1, 0.15) is 11.5 Å². The largest absolute Gasteiger partial charge is 0.292 e. The third kappa shape index (κ3) is 5.62. The first-order valence-corrected chi connectivity index (χ1v) is 10.7. The van der Waals surface area contributed by atoms with E-state index in [9.17, 15) is 17.6 Å². The third-order valence-electron chi connectivity index (χ3n) is 4.09. The molecule has 1 N–H and O–H groups in total. The van der Waals surface area contributed by atoms with Crippen LogP contribution in [0.1, 0.15) is 34.0 Å². The topological polar surface area (TPSA) is 115 Å². The number of hydrogen-bond acceptors (Lipinski definition) is 7. The first-order chi connectivity index (χ1) is 14.2. The summed E-state index contributed by atoms with van der Waals surface area (Å²) in [7, 11) is -3.92. The summed E-state index contributed by atoms with van der Waals surface area (Å²) in [6, 6.07) is 6.08. The maximum absolute atomic E-state index is 13.2. The predicted molar refractivity (Wildman–Crippen MR) is 107 cm³/mol. The van der Waals surface area contributed by atoms with Gasteiger partial charge in [-0.3, -0.25) is 14.8 Å². The van der Waals surface area contributed by atoms with Crippen molar-refractivity contribution in [2.45, 2.75) is 31.2 Å². The second-order valence-corrected chi connectivity index (χ2v) is 8.56. The Labute approximate surface area is 177 Å². The molecule has 8 nitrogen and oxygen atoms in total. The maximum atomic E-state index is 13.2. The van der Waals surface area contributed by atoms with E-state index in [4.69, 9.17) is 11.6 Å². The Hall–Kier alpha value is -2.82. The van der Waals surface area contributed by atoms with Crippen molar-refractivity contribution in [1.82, 2.24) is 24.9 Å². The third-order valence-corrected chi connectivity index (χ3v) is 5.78. The molecule has 0 radical (unpaired) electrons. The van der Waals surface area contributed by atoms with Crippen molar-refractivity contribution in [1.29, 1.82) is 0 Å². The van der Waals surface area contributed by atoms with E-state index < -0.39 is 15.8 Å². The van der Waals surface area contributed by atoms with E-state index in [0.717, 1.165) is 23.9 Å². The molecule has 2 heterocycles. The van der Waals surface area contributed by atoms with E-state index in [1.165, 1.54) is 12.1 Å². The second-order valence-electron chi connectivity index (χ2n) is 6.38. The summed E-state index contributed by atoms with van der Waals surface area (Å²) in [6.45, 7) is 1.67. The molecular weight excluding hydrogens is 433 g/mol. The van der Waals surface area contributed by atoms with Crippen LogP contribution in [0, 0.1) is 12.7 Å². The molecule has 30 heavy (non-hydrogen) atoms. The molecule has 0 atom stereocenters. The fourth-order valence-electron chi connectivity index (χ4n) is 2.42. The molecule has 2 aromatic heterocycles. The molecule has 0 unspecified atom stereocenters. The van der Waals surface area contributed by atoms with E-state index in [0.29, 0.717) is 17.8 Å².